The van der Waals surface area contributed by atoms with Gasteiger partial charge in [-0.05, 0) is 49.8 Å². The molecule has 33 heavy (non-hydrogen) atoms. The molecular formula is C24H31N3O6. The number of carbonyl (C=O) groups is 3. The molecule has 1 spiro atoms. The van der Waals surface area contributed by atoms with Crippen LogP contribution in [0.3, 0.4) is 0 Å². The number of ether oxygens (including phenoxy) is 3. The standard InChI is InChI=1S/C24H31N3O6/c28-20(4-3-11-27-21(29)24(26-22(27)30)7-1-2-8-24)25-15-23(9-12-31-13-10-23)17-5-6-18-19(14-17)33-16-32-18/h5-6,14H,1-4,7-13,15-16H2,(H,25,28)(H,26,30). The summed E-state index contributed by atoms with van der Waals surface area (Å²) in [6.45, 7) is 2.27. The van der Waals surface area contributed by atoms with Crippen molar-refractivity contribution in [3.05, 3.63) is 23.8 Å². The smallest absolute Gasteiger partial charge is 0.325 e. The molecule has 0 unspecified atom stereocenters. The topological polar surface area (TPSA) is 106 Å². The van der Waals surface area contributed by atoms with Crippen LogP contribution in [0.25, 0.3) is 0 Å². The number of nitrogens with one attached hydrogen (secondary N) is 2. The molecule has 1 aromatic rings. The van der Waals surface area contributed by atoms with E-state index in [2.05, 4.69) is 10.6 Å². The van der Waals surface area contributed by atoms with Crippen molar-refractivity contribution in [2.75, 3.05) is 33.1 Å². The van der Waals surface area contributed by atoms with E-state index in [0.29, 0.717) is 39.0 Å². The Morgan fingerprint density at radius 2 is 1.82 bits per heavy atom. The second-order valence-electron chi connectivity index (χ2n) is 9.52. The lowest BCUT2D eigenvalue weighted by Crippen LogP contribution is -2.45. The molecule has 0 bridgehead atoms. The highest BCUT2D eigenvalue weighted by atomic mass is 16.7. The summed E-state index contributed by atoms with van der Waals surface area (Å²) >= 11 is 0. The van der Waals surface area contributed by atoms with Gasteiger partial charge < -0.3 is 24.8 Å². The van der Waals surface area contributed by atoms with Gasteiger partial charge in [0.1, 0.15) is 5.54 Å². The van der Waals surface area contributed by atoms with Crippen molar-refractivity contribution in [1.29, 1.82) is 0 Å². The molecule has 3 fully saturated rings. The third kappa shape index (κ3) is 4.14. The molecule has 1 aromatic carbocycles. The van der Waals surface area contributed by atoms with Crippen LogP contribution in [0.2, 0.25) is 0 Å². The van der Waals surface area contributed by atoms with Gasteiger partial charge in [-0.1, -0.05) is 18.9 Å². The molecular weight excluding hydrogens is 426 g/mol. The van der Waals surface area contributed by atoms with Crippen molar-refractivity contribution < 1.29 is 28.6 Å². The summed E-state index contributed by atoms with van der Waals surface area (Å²) in [6, 6.07) is 5.65. The second kappa shape index (κ2) is 8.85. The van der Waals surface area contributed by atoms with Crippen LogP contribution in [-0.2, 0) is 19.7 Å². The minimum atomic E-state index is -0.695. The quantitative estimate of drug-likeness (QED) is 0.608. The third-order valence-corrected chi connectivity index (χ3v) is 7.55. The molecule has 3 heterocycles. The van der Waals surface area contributed by atoms with E-state index >= 15 is 0 Å². The van der Waals surface area contributed by atoms with E-state index in [4.69, 9.17) is 14.2 Å². The van der Waals surface area contributed by atoms with Gasteiger partial charge in [0.15, 0.2) is 11.5 Å². The van der Waals surface area contributed by atoms with Crippen LogP contribution in [-0.4, -0.2) is 61.4 Å². The van der Waals surface area contributed by atoms with Crippen LogP contribution in [0.1, 0.15) is 56.9 Å². The number of hydrogen-bond donors (Lipinski definition) is 2. The summed E-state index contributed by atoms with van der Waals surface area (Å²) in [6.07, 6.45) is 5.64. The number of hydrogen-bond acceptors (Lipinski definition) is 6. The first-order valence-electron chi connectivity index (χ1n) is 11.9. The van der Waals surface area contributed by atoms with Crippen LogP contribution in [0.5, 0.6) is 11.5 Å². The van der Waals surface area contributed by atoms with E-state index < -0.39 is 5.54 Å². The first kappa shape index (κ1) is 22.0. The van der Waals surface area contributed by atoms with Crippen molar-refractivity contribution in [2.24, 2.45) is 0 Å². The second-order valence-corrected chi connectivity index (χ2v) is 9.52. The lowest BCUT2D eigenvalue weighted by molar-refractivity contribution is -0.131. The van der Waals surface area contributed by atoms with E-state index in [1.807, 2.05) is 18.2 Å². The average molecular weight is 458 g/mol. The van der Waals surface area contributed by atoms with Gasteiger partial charge in [-0.3, -0.25) is 14.5 Å². The number of rotatable bonds is 7. The summed E-state index contributed by atoms with van der Waals surface area (Å²) in [5, 5.41) is 5.97. The zero-order valence-corrected chi connectivity index (χ0v) is 18.8. The zero-order chi connectivity index (χ0) is 22.9. The summed E-state index contributed by atoms with van der Waals surface area (Å²) in [4.78, 5) is 39.0. The molecule has 0 radical (unpaired) electrons. The molecule has 4 aliphatic rings. The SMILES string of the molecule is O=C(CCCN1C(=O)NC2(CCCC2)C1=O)NCC1(c2ccc3c(c2)OCO3)CCOCC1. The Labute approximate surface area is 193 Å². The van der Waals surface area contributed by atoms with Crippen molar-refractivity contribution in [2.45, 2.75) is 62.3 Å². The van der Waals surface area contributed by atoms with E-state index in [1.54, 1.807) is 0 Å². The predicted octanol–water partition coefficient (Wildman–Crippen LogP) is 2.22. The first-order chi connectivity index (χ1) is 16.0. The van der Waals surface area contributed by atoms with E-state index in [0.717, 1.165) is 42.7 Å². The number of amides is 4. The largest absolute Gasteiger partial charge is 0.454 e. The highest BCUT2D eigenvalue weighted by Crippen LogP contribution is 2.40. The Kier molecular flexibility index (Phi) is 5.90. The van der Waals surface area contributed by atoms with Crippen molar-refractivity contribution in [3.63, 3.8) is 0 Å². The average Bonchev–Trinajstić information content (AvgIpc) is 3.54. The van der Waals surface area contributed by atoms with Crippen LogP contribution < -0.4 is 20.1 Å². The molecule has 3 aliphatic heterocycles. The molecule has 9 heteroatoms. The molecule has 178 valence electrons. The van der Waals surface area contributed by atoms with Crippen LogP contribution in [0.4, 0.5) is 4.79 Å². The summed E-state index contributed by atoms with van der Waals surface area (Å²) in [5.41, 5.74) is 0.185. The zero-order valence-electron chi connectivity index (χ0n) is 18.8. The van der Waals surface area contributed by atoms with E-state index in [1.165, 1.54) is 4.90 Å². The molecule has 2 saturated heterocycles. The fourth-order valence-electron chi connectivity index (χ4n) is 5.51. The number of urea groups is 1. The predicted molar refractivity (Wildman–Crippen MR) is 118 cm³/mol. The molecule has 1 saturated carbocycles. The maximum atomic E-state index is 12.7. The van der Waals surface area contributed by atoms with Crippen molar-refractivity contribution >= 4 is 17.8 Å². The van der Waals surface area contributed by atoms with Gasteiger partial charge in [0.05, 0.1) is 0 Å². The summed E-state index contributed by atoms with van der Waals surface area (Å²) in [7, 11) is 0. The first-order valence-corrected chi connectivity index (χ1v) is 11.9. The lowest BCUT2D eigenvalue weighted by Gasteiger charge is -2.38. The Balaban J connectivity index is 1.16. The van der Waals surface area contributed by atoms with Gasteiger partial charge in [-0.15, -0.1) is 0 Å². The highest BCUT2D eigenvalue weighted by Gasteiger charge is 2.52. The number of fused-ring (bicyclic) bond motifs is 1. The molecule has 0 atom stereocenters. The Bertz CT molecular complexity index is 936. The fourth-order valence-corrected chi connectivity index (χ4v) is 5.51. The molecule has 9 nitrogen and oxygen atoms in total. The van der Waals surface area contributed by atoms with Gasteiger partial charge >= 0.3 is 6.03 Å². The molecule has 4 amide bonds. The minimum Gasteiger partial charge on any atom is -0.454 e. The molecule has 1 aliphatic carbocycles. The molecule has 0 aromatic heterocycles. The highest BCUT2D eigenvalue weighted by molar-refractivity contribution is 6.07. The van der Waals surface area contributed by atoms with E-state index in [-0.39, 0.29) is 43.0 Å². The fraction of sp³-hybridized carbons (Fsp3) is 0.625. The van der Waals surface area contributed by atoms with Crippen molar-refractivity contribution in [3.8, 4) is 11.5 Å². The Morgan fingerprint density at radius 3 is 2.61 bits per heavy atom. The maximum absolute atomic E-state index is 12.7. The van der Waals surface area contributed by atoms with Gasteiger partial charge in [-0.25, -0.2) is 4.79 Å². The van der Waals surface area contributed by atoms with Crippen molar-refractivity contribution in [1.82, 2.24) is 15.5 Å². The third-order valence-electron chi connectivity index (χ3n) is 7.55. The minimum absolute atomic E-state index is 0.0794. The maximum Gasteiger partial charge on any atom is 0.325 e. The molecule has 2 N–H and O–H groups in total. The van der Waals surface area contributed by atoms with Gasteiger partial charge in [0.2, 0.25) is 12.7 Å². The molecule has 5 rings (SSSR count). The van der Waals surface area contributed by atoms with E-state index in [9.17, 15) is 14.4 Å². The lowest BCUT2D eigenvalue weighted by atomic mass is 9.74. The Morgan fingerprint density at radius 1 is 1.06 bits per heavy atom. The van der Waals surface area contributed by atoms with Gasteiger partial charge in [0.25, 0.3) is 5.91 Å². The van der Waals surface area contributed by atoms with Crippen LogP contribution >= 0.6 is 0 Å². The van der Waals surface area contributed by atoms with Crippen LogP contribution in [0, 0.1) is 0 Å². The summed E-state index contributed by atoms with van der Waals surface area (Å²) in [5.74, 6) is 1.27. The normalized spacial score (nSPS) is 22.6. The number of benzene rings is 1. The number of carbonyl (C=O) groups excluding carboxylic acids is 3. The number of nitrogens with zero attached hydrogens (tertiary/aromatic N) is 1. The van der Waals surface area contributed by atoms with Gasteiger partial charge in [0, 0.05) is 38.1 Å². The van der Waals surface area contributed by atoms with Gasteiger partial charge in [-0.2, -0.15) is 0 Å². The summed E-state index contributed by atoms with van der Waals surface area (Å²) < 4.78 is 16.6. The Hall–Kier alpha value is -2.81. The van der Waals surface area contributed by atoms with Crippen LogP contribution in [0.15, 0.2) is 18.2 Å². The number of imide groups is 1. The monoisotopic (exact) mass is 457 g/mol.